The summed E-state index contributed by atoms with van der Waals surface area (Å²) in [7, 11) is -11.4. The van der Waals surface area contributed by atoms with Gasteiger partial charge in [0.05, 0.1) is 17.1 Å². The minimum atomic E-state index is -4.91. The number of hydrogen-bond acceptors (Lipinski definition) is 12. The first kappa shape index (κ1) is 57.7. The molecule has 14 nitrogen and oxygen atoms in total. The van der Waals surface area contributed by atoms with Crippen LogP contribution in [0.1, 0.15) is 86.8 Å². The number of halogens is 1. The Morgan fingerprint density at radius 1 is 0.634 bits per heavy atom. The summed E-state index contributed by atoms with van der Waals surface area (Å²) in [5.74, 6) is 2.88. The van der Waals surface area contributed by atoms with Gasteiger partial charge in [0.25, 0.3) is 0 Å². The predicted octanol–water partition coefficient (Wildman–Crippen LogP) is 2.72. The number of anilines is 2. The quantitative estimate of drug-likeness (QED) is 0.0705. The van der Waals surface area contributed by atoms with Crippen molar-refractivity contribution < 1.29 is 74.7 Å². The SMILES string of the molecule is CCCS(=O)(=O)Nc1cccc(C2(CC)[C@@H]3CN(CC4(O)Cc5ccccc5C4)C[C@@H]32)c1.CCCS(=O)(=O)Nc1cccc(C2(CC)[C@@H]3CNC[C@@H]32)c1.Cl.O=S(=O)([O-])C(O)C1(O)Cc2ccccc2C1.[Na+]. The van der Waals surface area contributed by atoms with E-state index in [4.69, 9.17) is 0 Å². The zero-order chi connectivity index (χ0) is 49.6. The van der Waals surface area contributed by atoms with E-state index in [0.29, 0.717) is 47.9 Å². The number of piperidine rings is 2. The second-order valence-corrected chi connectivity index (χ2v) is 25.6. The maximum absolute atomic E-state index is 12.2. The van der Waals surface area contributed by atoms with Gasteiger partial charge in [-0.25, -0.2) is 25.3 Å². The third kappa shape index (κ3) is 12.1. The summed E-state index contributed by atoms with van der Waals surface area (Å²) < 4.78 is 85.9. The number of sulfonamides is 2. The molecule has 19 heteroatoms. The van der Waals surface area contributed by atoms with Crippen LogP contribution in [0.3, 0.4) is 0 Å². The molecular formula is C52H70ClN4NaO10S3. The van der Waals surface area contributed by atoms with Crippen molar-refractivity contribution in [2.24, 2.45) is 23.7 Å². The molecule has 2 saturated heterocycles. The number of aliphatic hydroxyl groups excluding tert-OH is 1. The maximum atomic E-state index is 12.2. The molecule has 4 fully saturated rings. The van der Waals surface area contributed by atoms with Gasteiger partial charge in [-0.3, -0.25) is 14.3 Å². The van der Waals surface area contributed by atoms with Gasteiger partial charge >= 0.3 is 29.6 Å². The van der Waals surface area contributed by atoms with Crippen molar-refractivity contribution in [3.05, 3.63) is 130 Å². The van der Waals surface area contributed by atoms with Crippen LogP contribution >= 0.6 is 12.4 Å². The van der Waals surface area contributed by atoms with E-state index >= 15 is 0 Å². The van der Waals surface area contributed by atoms with E-state index in [2.05, 4.69) is 69.9 Å². The molecule has 0 bridgehead atoms. The molecule has 7 atom stereocenters. The average molecular weight is 1070 g/mol. The molecule has 0 spiro atoms. The second-order valence-electron chi connectivity index (χ2n) is 20.5. The third-order valence-corrected chi connectivity index (χ3v) is 20.0. The molecule has 6 aliphatic rings. The summed E-state index contributed by atoms with van der Waals surface area (Å²) in [6.45, 7) is 13.1. The van der Waals surface area contributed by atoms with Gasteiger partial charge in [0.1, 0.15) is 15.7 Å². The van der Waals surface area contributed by atoms with Gasteiger partial charge < -0.3 is 25.2 Å². The Morgan fingerprint density at radius 2 is 1.03 bits per heavy atom. The van der Waals surface area contributed by atoms with Crippen molar-refractivity contribution in [2.45, 2.75) is 107 Å². The fraction of sp³-hybridized carbons (Fsp3) is 0.538. The molecule has 0 amide bonds. The maximum Gasteiger partial charge on any atom is 1.00 e. The van der Waals surface area contributed by atoms with Crippen LogP contribution in [0.15, 0.2) is 97.1 Å². The van der Waals surface area contributed by atoms with E-state index in [0.717, 1.165) is 69.5 Å². The number of nitrogens with zero attached hydrogens (tertiary/aromatic N) is 1. The molecular weight excluding hydrogens is 995 g/mol. The van der Waals surface area contributed by atoms with E-state index in [-0.39, 0.29) is 77.1 Å². The van der Waals surface area contributed by atoms with Crippen LogP contribution in [0.4, 0.5) is 11.4 Å². The Kier molecular flexibility index (Phi) is 18.1. The smallest absolute Gasteiger partial charge is 0.746 e. The Bertz CT molecular complexity index is 2780. The number of likely N-dealkylation sites (tertiary alicyclic amines) is 1. The summed E-state index contributed by atoms with van der Waals surface area (Å²) in [5, 5.41) is 34.1. The second kappa shape index (κ2) is 22.3. The van der Waals surface area contributed by atoms with Crippen LogP contribution in [-0.2, 0) is 66.7 Å². The third-order valence-electron chi connectivity index (χ3n) is 16.0. The minimum absolute atomic E-state index is 0. The van der Waals surface area contributed by atoms with Gasteiger partial charge in [-0.05, 0) is 120 Å². The summed E-state index contributed by atoms with van der Waals surface area (Å²) in [4.78, 5) is 2.45. The van der Waals surface area contributed by atoms with Gasteiger partial charge in [-0.1, -0.05) is 100 Å². The number of aliphatic hydroxyl groups is 3. The van der Waals surface area contributed by atoms with E-state index in [1.54, 1.807) is 24.3 Å². The zero-order valence-corrected chi connectivity index (χ0v) is 46.8. The number of β-amino-alcohol motifs (C(OH)–C–C–N with tert-alkyl or cyclic N) is 1. The van der Waals surface area contributed by atoms with Crippen molar-refractivity contribution >= 4 is 53.9 Å². The van der Waals surface area contributed by atoms with Gasteiger partial charge in [-0.2, -0.15) is 0 Å². The molecule has 2 heterocycles. The topological polar surface area (TPSA) is 225 Å². The van der Waals surface area contributed by atoms with E-state index in [9.17, 15) is 45.1 Å². The Hall–Kier alpha value is -2.62. The molecule has 4 aliphatic carbocycles. The molecule has 0 aromatic heterocycles. The minimum Gasteiger partial charge on any atom is -0.746 e. The largest absolute Gasteiger partial charge is 1.00 e. The Balaban J connectivity index is 0.000000184. The summed E-state index contributed by atoms with van der Waals surface area (Å²) in [6, 6.07) is 31.4. The molecule has 4 aromatic carbocycles. The number of fused-ring (bicyclic) bond motifs is 4. The van der Waals surface area contributed by atoms with E-state index in [1.165, 1.54) is 22.3 Å². The van der Waals surface area contributed by atoms with Crippen LogP contribution in [0.2, 0.25) is 0 Å². The number of nitrogens with one attached hydrogen (secondary N) is 3. The Morgan fingerprint density at radius 3 is 1.41 bits per heavy atom. The van der Waals surface area contributed by atoms with Crippen LogP contribution in [0.25, 0.3) is 0 Å². The van der Waals surface area contributed by atoms with Gasteiger partial charge in [0.15, 0.2) is 5.44 Å². The van der Waals surface area contributed by atoms with Gasteiger partial charge in [-0.15, -0.1) is 12.4 Å². The first-order chi connectivity index (χ1) is 32.6. The number of benzene rings is 4. The van der Waals surface area contributed by atoms with Crippen molar-refractivity contribution in [1.29, 1.82) is 0 Å². The molecule has 4 aromatic rings. The summed E-state index contributed by atoms with van der Waals surface area (Å²) >= 11 is 0. The molecule has 3 unspecified atom stereocenters. The molecule has 6 N–H and O–H groups in total. The average Bonchev–Trinajstić information content (AvgIpc) is 3.64. The summed E-state index contributed by atoms with van der Waals surface area (Å²) in [5.41, 5.74) is 3.53. The van der Waals surface area contributed by atoms with Crippen LogP contribution in [0.5, 0.6) is 0 Å². The predicted molar refractivity (Wildman–Crippen MR) is 276 cm³/mol. The standard InChI is InChI=1S/C26H34N2O3S.C16H24N2O2S.C10H12O5S.ClH.Na/c1-3-12-32(30,31)27-22-11-7-10-21(13-22)26(4-2)23-16-28(17-24(23)26)18-25(29)14-19-8-5-6-9-20(19)15-25;1-3-8-21(19,20)18-13-7-5-6-12(9-13)16(4-2)14-10-17-11-15(14)16;11-9(16(13,14)15)10(12)5-7-3-1-2-4-8(7)6-10;;/h5-11,13,23-24,27,29H,3-4,12,14-18H2,1-2H3;5-7,9,14-15,17-18H,3-4,8,10-11H2,1-2H3;1-4,9,11-12H,5-6H2,(H,13,14,15);1H;/q;;;;+1/p-1/t23-,24+,26?;14-,15+,16?;;;. The molecule has 0 radical (unpaired) electrons. The molecule has 2 saturated carbocycles. The number of rotatable bonds is 16. The van der Waals surface area contributed by atoms with Crippen molar-refractivity contribution in [3.8, 4) is 0 Å². The Labute approximate surface area is 449 Å². The van der Waals surface area contributed by atoms with Crippen LogP contribution in [-0.4, -0.2) is 111 Å². The first-order valence-electron chi connectivity index (χ1n) is 24.5. The zero-order valence-electron chi connectivity index (χ0n) is 41.5. The van der Waals surface area contributed by atoms with E-state index in [1.807, 2.05) is 50.2 Å². The van der Waals surface area contributed by atoms with Crippen LogP contribution in [0, 0.1) is 23.7 Å². The molecule has 10 rings (SSSR count). The van der Waals surface area contributed by atoms with Crippen LogP contribution < -0.4 is 44.3 Å². The molecule has 384 valence electrons. The fourth-order valence-electron chi connectivity index (χ4n) is 12.9. The summed E-state index contributed by atoms with van der Waals surface area (Å²) in [6.07, 6.45) is 4.85. The van der Waals surface area contributed by atoms with E-state index < -0.39 is 46.8 Å². The van der Waals surface area contributed by atoms with Gasteiger partial charge in [0, 0.05) is 67.5 Å². The molecule has 2 aliphatic heterocycles. The van der Waals surface area contributed by atoms with Gasteiger partial charge in [0.2, 0.25) is 20.0 Å². The monoisotopic (exact) mass is 1060 g/mol. The first-order valence-corrected chi connectivity index (χ1v) is 29.3. The van der Waals surface area contributed by atoms with Crippen molar-refractivity contribution in [1.82, 2.24) is 10.2 Å². The molecule has 71 heavy (non-hydrogen) atoms. The van der Waals surface area contributed by atoms with Crippen molar-refractivity contribution in [3.63, 3.8) is 0 Å². The fourth-order valence-corrected chi connectivity index (χ4v) is 15.9. The van der Waals surface area contributed by atoms with Crippen molar-refractivity contribution in [2.75, 3.05) is 53.7 Å². The normalized spacial score (nSPS) is 26.5. The number of hydrogen-bond donors (Lipinski definition) is 6.